The number of anilines is 1. The Morgan fingerprint density at radius 1 is 1.55 bits per heavy atom. The summed E-state index contributed by atoms with van der Waals surface area (Å²) in [6.07, 6.45) is 0. The van der Waals surface area contributed by atoms with Gasteiger partial charge in [-0.3, -0.25) is 20.9 Å². The number of nitriles is 1. The van der Waals surface area contributed by atoms with Crippen LogP contribution in [0.4, 0.5) is 11.4 Å². The summed E-state index contributed by atoms with van der Waals surface area (Å²) in [6.45, 7) is 0. The first-order chi connectivity index (χ1) is 9.35. The molecular formula is C10H8N6O4. The molecule has 10 nitrogen and oxygen atoms in total. The summed E-state index contributed by atoms with van der Waals surface area (Å²) < 4.78 is 0. The zero-order valence-electron chi connectivity index (χ0n) is 9.82. The van der Waals surface area contributed by atoms with Crippen LogP contribution in [0.5, 0.6) is 0 Å². The van der Waals surface area contributed by atoms with Crippen LogP contribution in [0.1, 0.15) is 10.4 Å². The van der Waals surface area contributed by atoms with E-state index in [0.29, 0.717) is 0 Å². The molecule has 0 aliphatic heterocycles. The smallest absolute Gasteiger partial charge is 0.336 e. The van der Waals surface area contributed by atoms with Crippen molar-refractivity contribution in [1.82, 2.24) is 0 Å². The second kappa shape index (κ2) is 5.91. The lowest BCUT2D eigenvalue weighted by molar-refractivity contribution is -0.384. The Balaban J connectivity index is 3.19. The van der Waals surface area contributed by atoms with Crippen molar-refractivity contribution in [2.45, 2.75) is 0 Å². The van der Waals surface area contributed by atoms with Gasteiger partial charge in [0.15, 0.2) is 5.84 Å². The molecule has 0 spiro atoms. The fourth-order valence-electron chi connectivity index (χ4n) is 1.17. The van der Waals surface area contributed by atoms with E-state index >= 15 is 0 Å². The van der Waals surface area contributed by atoms with Crippen LogP contribution in [0.25, 0.3) is 0 Å². The molecule has 0 radical (unpaired) electrons. The SMILES string of the molecule is N#C/C(=N\Nc1cc(C(=O)O)cc([N+](=O)[O-])c1)C(=N)N. The maximum atomic E-state index is 10.8. The maximum Gasteiger partial charge on any atom is 0.336 e. The first kappa shape index (κ1) is 14.6. The number of aromatic carboxylic acids is 1. The Bertz CT molecular complexity index is 628. The van der Waals surface area contributed by atoms with E-state index in [0.717, 1.165) is 18.2 Å². The third-order valence-corrected chi connectivity index (χ3v) is 2.03. The number of amidine groups is 1. The van der Waals surface area contributed by atoms with Gasteiger partial charge in [0, 0.05) is 12.1 Å². The van der Waals surface area contributed by atoms with Gasteiger partial charge in [-0.25, -0.2) is 4.79 Å². The monoisotopic (exact) mass is 276 g/mol. The van der Waals surface area contributed by atoms with Crippen molar-refractivity contribution >= 4 is 28.9 Å². The predicted molar refractivity (Wildman–Crippen MR) is 68.6 cm³/mol. The van der Waals surface area contributed by atoms with E-state index in [2.05, 4.69) is 10.5 Å². The summed E-state index contributed by atoms with van der Waals surface area (Å²) in [5, 5.41) is 38.6. The third kappa shape index (κ3) is 3.50. The van der Waals surface area contributed by atoms with Crippen molar-refractivity contribution in [1.29, 1.82) is 10.7 Å². The van der Waals surface area contributed by atoms with Gasteiger partial charge < -0.3 is 10.8 Å². The summed E-state index contributed by atoms with van der Waals surface area (Å²) in [7, 11) is 0. The van der Waals surface area contributed by atoms with Gasteiger partial charge in [-0.05, 0) is 6.07 Å². The fraction of sp³-hybridized carbons (Fsp3) is 0. The lowest BCUT2D eigenvalue weighted by Gasteiger charge is -2.03. The van der Waals surface area contributed by atoms with Crippen LogP contribution in [-0.2, 0) is 0 Å². The average molecular weight is 276 g/mol. The minimum absolute atomic E-state index is 0.0226. The van der Waals surface area contributed by atoms with Gasteiger partial charge in [0.25, 0.3) is 5.69 Å². The number of nitrogens with zero attached hydrogens (tertiary/aromatic N) is 3. The standard InChI is InChI=1S/C10H8N6O4/c11-4-8(9(12)13)15-14-6-1-5(10(17)18)2-7(3-6)16(19)20/h1-3,14H,(H3,12,13)(H,17,18)/b15-8+. The summed E-state index contributed by atoms with van der Waals surface area (Å²) in [4.78, 5) is 20.7. The highest BCUT2D eigenvalue weighted by molar-refractivity contribution is 6.45. The lowest BCUT2D eigenvalue weighted by atomic mass is 10.2. The predicted octanol–water partition coefficient (Wildman–Crippen LogP) is 0.520. The van der Waals surface area contributed by atoms with Crippen LogP contribution >= 0.6 is 0 Å². The lowest BCUT2D eigenvalue weighted by Crippen LogP contribution is -2.21. The van der Waals surface area contributed by atoms with E-state index in [-0.39, 0.29) is 11.3 Å². The van der Waals surface area contributed by atoms with Crippen LogP contribution in [0, 0.1) is 26.9 Å². The molecule has 0 bridgehead atoms. The number of nitrogens with two attached hydrogens (primary N) is 1. The number of nitro groups is 1. The van der Waals surface area contributed by atoms with Crippen LogP contribution in [-0.4, -0.2) is 27.5 Å². The van der Waals surface area contributed by atoms with Gasteiger partial charge in [-0.15, -0.1) is 0 Å². The molecule has 10 heteroatoms. The quantitative estimate of drug-likeness (QED) is 0.262. The Labute approximate surface area is 111 Å². The number of carboxylic acids is 1. The Morgan fingerprint density at radius 2 is 2.20 bits per heavy atom. The normalized spacial score (nSPS) is 10.4. The zero-order valence-corrected chi connectivity index (χ0v) is 9.82. The van der Waals surface area contributed by atoms with Gasteiger partial charge in [0.1, 0.15) is 6.07 Å². The highest BCUT2D eigenvalue weighted by atomic mass is 16.6. The molecule has 1 rings (SSSR count). The summed E-state index contributed by atoms with van der Waals surface area (Å²) in [6, 6.07) is 4.54. The van der Waals surface area contributed by atoms with Gasteiger partial charge in [0.05, 0.1) is 16.2 Å². The van der Waals surface area contributed by atoms with E-state index in [1.54, 1.807) is 0 Å². The molecule has 5 N–H and O–H groups in total. The minimum Gasteiger partial charge on any atom is -0.478 e. The van der Waals surface area contributed by atoms with Crippen LogP contribution in [0.15, 0.2) is 23.3 Å². The number of nitrogens with one attached hydrogen (secondary N) is 2. The molecule has 0 amide bonds. The zero-order chi connectivity index (χ0) is 15.3. The molecule has 0 unspecified atom stereocenters. The van der Waals surface area contributed by atoms with Crippen molar-refractivity contribution in [2.24, 2.45) is 10.8 Å². The number of non-ortho nitro benzene ring substituents is 1. The molecule has 0 fully saturated rings. The second-order valence-electron chi connectivity index (χ2n) is 3.43. The number of hydrogen-bond donors (Lipinski definition) is 4. The molecule has 0 atom stereocenters. The van der Waals surface area contributed by atoms with E-state index in [1.165, 1.54) is 6.07 Å². The topological polar surface area (TPSA) is 178 Å². The molecule has 0 aliphatic carbocycles. The summed E-state index contributed by atoms with van der Waals surface area (Å²) in [5.74, 6) is -1.95. The summed E-state index contributed by atoms with van der Waals surface area (Å²) in [5.41, 5.74) is 6.06. The first-order valence-corrected chi connectivity index (χ1v) is 4.96. The highest BCUT2D eigenvalue weighted by Crippen LogP contribution is 2.21. The van der Waals surface area contributed by atoms with E-state index < -0.39 is 28.1 Å². The molecule has 20 heavy (non-hydrogen) atoms. The number of rotatable bonds is 5. The summed E-state index contributed by atoms with van der Waals surface area (Å²) >= 11 is 0. The number of hydrazone groups is 1. The van der Waals surface area contributed by atoms with E-state index in [9.17, 15) is 14.9 Å². The fourth-order valence-corrected chi connectivity index (χ4v) is 1.17. The maximum absolute atomic E-state index is 10.8. The van der Waals surface area contributed by atoms with Crippen LogP contribution in [0.2, 0.25) is 0 Å². The minimum atomic E-state index is -1.35. The van der Waals surface area contributed by atoms with Crippen molar-refractivity contribution in [3.05, 3.63) is 33.9 Å². The van der Waals surface area contributed by atoms with E-state index in [4.69, 9.17) is 21.5 Å². The number of nitro benzene ring substituents is 1. The van der Waals surface area contributed by atoms with Crippen LogP contribution < -0.4 is 11.2 Å². The molecular weight excluding hydrogens is 268 g/mol. The van der Waals surface area contributed by atoms with E-state index in [1.807, 2.05) is 0 Å². The highest BCUT2D eigenvalue weighted by Gasteiger charge is 2.14. The molecule has 0 saturated heterocycles. The Hall–Kier alpha value is -3.48. The third-order valence-electron chi connectivity index (χ3n) is 2.03. The van der Waals surface area contributed by atoms with Crippen molar-refractivity contribution in [3.63, 3.8) is 0 Å². The molecule has 1 aromatic carbocycles. The molecule has 0 heterocycles. The van der Waals surface area contributed by atoms with Gasteiger partial charge in [-0.1, -0.05) is 0 Å². The van der Waals surface area contributed by atoms with Gasteiger partial charge >= 0.3 is 5.97 Å². The first-order valence-electron chi connectivity index (χ1n) is 4.96. The van der Waals surface area contributed by atoms with Crippen molar-refractivity contribution < 1.29 is 14.8 Å². The largest absolute Gasteiger partial charge is 0.478 e. The van der Waals surface area contributed by atoms with Crippen LogP contribution in [0.3, 0.4) is 0 Å². The van der Waals surface area contributed by atoms with Gasteiger partial charge in [0.2, 0.25) is 5.71 Å². The molecule has 0 aromatic heterocycles. The number of hydrogen-bond acceptors (Lipinski definition) is 7. The number of carboxylic acid groups (broad SMARTS) is 1. The van der Waals surface area contributed by atoms with Gasteiger partial charge in [-0.2, -0.15) is 10.4 Å². The number of benzene rings is 1. The Kier molecular flexibility index (Phi) is 4.31. The molecule has 1 aromatic rings. The second-order valence-corrected chi connectivity index (χ2v) is 3.43. The van der Waals surface area contributed by atoms with Crippen molar-refractivity contribution in [2.75, 3.05) is 5.43 Å². The number of carbonyl (C=O) groups is 1. The van der Waals surface area contributed by atoms with Crippen molar-refractivity contribution in [3.8, 4) is 6.07 Å². The molecule has 102 valence electrons. The Morgan fingerprint density at radius 3 is 2.65 bits per heavy atom. The molecule has 0 saturated carbocycles. The molecule has 0 aliphatic rings. The average Bonchev–Trinajstić information content (AvgIpc) is 2.38.